The van der Waals surface area contributed by atoms with Crippen molar-refractivity contribution < 1.29 is 9.47 Å². The van der Waals surface area contributed by atoms with Gasteiger partial charge in [0.2, 0.25) is 5.79 Å². The lowest BCUT2D eigenvalue weighted by Gasteiger charge is -2.16. The number of halogens is 1. The minimum absolute atomic E-state index is 0.538. The summed E-state index contributed by atoms with van der Waals surface area (Å²) in [4.78, 5) is 0. The lowest BCUT2D eigenvalue weighted by atomic mass is 10.3. The summed E-state index contributed by atoms with van der Waals surface area (Å²) in [5, 5.41) is 0.538. The van der Waals surface area contributed by atoms with Crippen molar-refractivity contribution in [3.63, 3.8) is 0 Å². The molecule has 0 bridgehead atoms. The molecule has 1 rings (SSSR count). The molecule has 0 aromatic heterocycles. The van der Waals surface area contributed by atoms with E-state index in [9.17, 15) is 0 Å². The van der Waals surface area contributed by atoms with Crippen molar-refractivity contribution in [3.8, 4) is 12.3 Å². The fraction of sp³-hybridized carbons (Fsp3) is 0.667. The lowest BCUT2D eigenvalue weighted by Crippen LogP contribution is -2.29. The minimum atomic E-state index is -0.778. The van der Waals surface area contributed by atoms with Gasteiger partial charge < -0.3 is 9.47 Å². The van der Waals surface area contributed by atoms with E-state index in [1.165, 1.54) is 0 Å². The average molecular weight is 191 g/mol. The van der Waals surface area contributed by atoms with Crippen LogP contribution in [0.5, 0.6) is 0 Å². The van der Waals surface area contributed by atoms with Crippen LogP contribution >= 0.6 is 15.9 Å². The van der Waals surface area contributed by atoms with Crippen molar-refractivity contribution in [2.45, 2.75) is 5.79 Å². The lowest BCUT2D eigenvalue weighted by molar-refractivity contribution is -0.0857. The molecule has 0 aliphatic carbocycles. The molecule has 0 atom stereocenters. The monoisotopic (exact) mass is 190 g/mol. The standard InChI is InChI=1S/C6H7BrO2/c1-2-6(5-7)8-3-4-9-6/h1H,3-5H2. The third-order valence-corrected chi connectivity index (χ3v) is 1.89. The Morgan fingerprint density at radius 2 is 2.11 bits per heavy atom. The highest BCUT2D eigenvalue weighted by molar-refractivity contribution is 9.09. The van der Waals surface area contributed by atoms with Crippen LogP contribution in [-0.2, 0) is 9.47 Å². The van der Waals surface area contributed by atoms with Crippen molar-refractivity contribution in [1.82, 2.24) is 0 Å². The van der Waals surface area contributed by atoms with E-state index >= 15 is 0 Å². The van der Waals surface area contributed by atoms with Crippen LogP contribution in [0.25, 0.3) is 0 Å². The van der Waals surface area contributed by atoms with Gasteiger partial charge in [0.15, 0.2) is 0 Å². The van der Waals surface area contributed by atoms with Crippen LogP contribution in [0, 0.1) is 12.3 Å². The Morgan fingerprint density at radius 1 is 1.56 bits per heavy atom. The Labute approximate surface area is 62.7 Å². The maximum absolute atomic E-state index is 5.15. The highest BCUT2D eigenvalue weighted by Gasteiger charge is 2.32. The molecule has 0 N–H and O–H groups in total. The first-order valence-electron chi connectivity index (χ1n) is 2.65. The van der Waals surface area contributed by atoms with Crippen molar-refractivity contribution in [1.29, 1.82) is 0 Å². The summed E-state index contributed by atoms with van der Waals surface area (Å²) in [5.74, 6) is 1.66. The predicted octanol–water partition coefficient (Wildman–Crippen LogP) is 0.758. The first kappa shape index (κ1) is 7.07. The quantitative estimate of drug-likeness (QED) is 0.450. The summed E-state index contributed by atoms with van der Waals surface area (Å²) in [6, 6.07) is 0. The van der Waals surface area contributed by atoms with Crippen LogP contribution in [0.2, 0.25) is 0 Å². The largest absolute Gasteiger partial charge is 0.337 e. The summed E-state index contributed by atoms with van der Waals surface area (Å²) in [6.45, 7) is 1.19. The molecule has 0 aromatic rings. The van der Waals surface area contributed by atoms with Gasteiger partial charge in [0, 0.05) is 0 Å². The molecule has 1 aliphatic heterocycles. The van der Waals surface area contributed by atoms with Gasteiger partial charge in [-0.3, -0.25) is 0 Å². The maximum atomic E-state index is 5.15. The number of rotatable bonds is 1. The van der Waals surface area contributed by atoms with Gasteiger partial charge in [0.05, 0.1) is 18.5 Å². The number of alkyl halides is 1. The van der Waals surface area contributed by atoms with Crippen LogP contribution in [0.4, 0.5) is 0 Å². The predicted molar refractivity (Wildman–Crippen MR) is 37.3 cm³/mol. The molecule has 1 heterocycles. The van der Waals surface area contributed by atoms with E-state index in [-0.39, 0.29) is 0 Å². The Kier molecular flexibility index (Phi) is 2.12. The third-order valence-electron chi connectivity index (χ3n) is 1.15. The van der Waals surface area contributed by atoms with Crippen LogP contribution in [0.3, 0.4) is 0 Å². The summed E-state index contributed by atoms with van der Waals surface area (Å²) in [5.41, 5.74) is 0. The highest BCUT2D eigenvalue weighted by Crippen LogP contribution is 2.19. The summed E-state index contributed by atoms with van der Waals surface area (Å²) < 4.78 is 10.3. The molecule has 0 aromatic carbocycles. The molecular formula is C6H7BrO2. The van der Waals surface area contributed by atoms with Crippen molar-refractivity contribution in [2.24, 2.45) is 0 Å². The van der Waals surface area contributed by atoms with Crippen LogP contribution in [0.1, 0.15) is 0 Å². The van der Waals surface area contributed by atoms with Crippen molar-refractivity contribution >= 4 is 15.9 Å². The minimum Gasteiger partial charge on any atom is -0.337 e. The average Bonchev–Trinajstić information content (AvgIpc) is 2.36. The van der Waals surface area contributed by atoms with E-state index in [0.29, 0.717) is 18.5 Å². The molecular weight excluding hydrogens is 184 g/mol. The van der Waals surface area contributed by atoms with E-state index in [0.717, 1.165) is 0 Å². The Hall–Kier alpha value is -0.0400. The van der Waals surface area contributed by atoms with Gasteiger partial charge in [0.1, 0.15) is 0 Å². The molecule has 1 fully saturated rings. The van der Waals surface area contributed by atoms with E-state index in [1.54, 1.807) is 0 Å². The van der Waals surface area contributed by atoms with E-state index in [2.05, 4.69) is 21.9 Å². The number of ether oxygens (including phenoxy) is 2. The zero-order valence-electron chi connectivity index (χ0n) is 4.89. The smallest absolute Gasteiger partial charge is 0.243 e. The second kappa shape index (κ2) is 2.70. The van der Waals surface area contributed by atoms with Crippen LogP contribution in [0.15, 0.2) is 0 Å². The van der Waals surface area contributed by atoms with Gasteiger partial charge >= 0.3 is 0 Å². The highest BCUT2D eigenvalue weighted by atomic mass is 79.9. The molecule has 9 heavy (non-hydrogen) atoms. The van der Waals surface area contributed by atoms with E-state index < -0.39 is 5.79 Å². The maximum Gasteiger partial charge on any atom is 0.243 e. The summed E-state index contributed by atoms with van der Waals surface area (Å²) in [6.07, 6.45) is 5.15. The Balaban J connectivity index is 2.59. The summed E-state index contributed by atoms with van der Waals surface area (Å²) in [7, 11) is 0. The molecule has 50 valence electrons. The molecule has 3 heteroatoms. The normalized spacial score (nSPS) is 23.6. The van der Waals surface area contributed by atoms with Crippen molar-refractivity contribution in [3.05, 3.63) is 0 Å². The topological polar surface area (TPSA) is 18.5 Å². The number of hydrogen-bond donors (Lipinski definition) is 0. The molecule has 1 aliphatic rings. The first-order valence-corrected chi connectivity index (χ1v) is 3.77. The van der Waals surface area contributed by atoms with E-state index in [4.69, 9.17) is 15.9 Å². The molecule has 0 saturated carbocycles. The molecule has 2 nitrogen and oxygen atoms in total. The van der Waals surface area contributed by atoms with Crippen LogP contribution < -0.4 is 0 Å². The molecule has 0 radical (unpaired) electrons. The zero-order valence-corrected chi connectivity index (χ0v) is 6.48. The molecule has 1 saturated heterocycles. The SMILES string of the molecule is C#CC1(CBr)OCCO1. The van der Waals surface area contributed by atoms with Gasteiger partial charge in [-0.2, -0.15) is 0 Å². The van der Waals surface area contributed by atoms with Gasteiger partial charge in [-0.25, -0.2) is 0 Å². The third kappa shape index (κ3) is 1.26. The summed E-state index contributed by atoms with van der Waals surface area (Å²) >= 11 is 3.20. The fourth-order valence-electron chi connectivity index (χ4n) is 0.654. The Morgan fingerprint density at radius 3 is 2.33 bits per heavy atom. The van der Waals surface area contributed by atoms with Gasteiger partial charge in [-0.1, -0.05) is 15.9 Å². The molecule has 0 spiro atoms. The zero-order chi connectivity index (χ0) is 6.74. The van der Waals surface area contributed by atoms with Gasteiger partial charge in [-0.15, -0.1) is 6.42 Å². The molecule has 0 unspecified atom stereocenters. The van der Waals surface area contributed by atoms with Crippen molar-refractivity contribution in [2.75, 3.05) is 18.5 Å². The Bertz CT molecular complexity index is 132. The van der Waals surface area contributed by atoms with Gasteiger partial charge in [0.25, 0.3) is 0 Å². The first-order chi connectivity index (χ1) is 4.33. The van der Waals surface area contributed by atoms with Gasteiger partial charge in [-0.05, 0) is 5.92 Å². The number of hydrogen-bond acceptors (Lipinski definition) is 2. The molecule has 0 amide bonds. The second-order valence-electron chi connectivity index (χ2n) is 1.73. The van der Waals surface area contributed by atoms with E-state index in [1.807, 2.05) is 0 Å². The second-order valence-corrected chi connectivity index (χ2v) is 2.29. The fourth-order valence-corrected chi connectivity index (χ4v) is 1.14. The van der Waals surface area contributed by atoms with Crippen LogP contribution in [-0.4, -0.2) is 24.3 Å². The number of terminal acetylenes is 1.